The molecule has 8 nitrogen and oxygen atoms in total. The molecule has 0 spiro atoms. The number of sulfonamides is 1. The molecule has 0 aromatic heterocycles. The molecule has 0 atom stereocenters. The first-order valence-corrected chi connectivity index (χ1v) is 11.6. The lowest BCUT2D eigenvalue weighted by molar-refractivity contribution is 0.0499. The van der Waals surface area contributed by atoms with Gasteiger partial charge >= 0.3 is 5.97 Å². The fourth-order valence-electron chi connectivity index (χ4n) is 3.09. The summed E-state index contributed by atoms with van der Waals surface area (Å²) in [7, 11) is -3.83. The van der Waals surface area contributed by atoms with Crippen molar-refractivity contribution in [3.63, 3.8) is 0 Å². The highest BCUT2D eigenvalue weighted by Crippen LogP contribution is 2.22. The summed E-state index contributed by atoms with van der Waals surface area (Å²) in [6.45, 7) is 3.50. The van der Waals surface area contributed by atoms with Crippen LogP contribution in [0.4, 0.5) is 5.69 Å². The molecule has 1 fully saturated rings. The summed E-state index contributed by atoms with van der Waals surface area (Å²) in [5, 5.41) is 2.69. The maximum Gasteiger partial charge on any atom is 0.338 e. The molecule has 166 valence electrons. The molecule has 1 N–H and O–H groups in total. The lowest BCUT2D eigenvalue weighted by Crippen LogP contribution is -2.41. The second-order valence-corrected chi connectivity index (χ2v) is 8.94. The molecule has 1 heterocycles. The zero-order valence-corrected chi connectivity index (χ0v) is 18.2. The highest BCUT2D eigenvalue weighted by Gasteiger charge is 2.30. The summed E-state index contributed by atoms with van der Waals surface area (Å²) < 4.78 is 37.8. The molecule has 1 aliphatic rings. The van der Waals surface area contributed by atoms with Crippen LogP contribution in [0.3, 0.4) is 0 Å². The van der Waals surface area contributed by atoms with Crippen LogP contribution in [0, 0.1) is 0 Å². The third-order valence-electron chi connectivity index (χ3n) is 4.83. The van der Waals surface area contributed by atoms with Gasteiger partial charge in [-0.15, -0.1) is 0 Å². The van der Waals surface area contributed by atoms with E-state index in [9.17, 15) is 18.0 Å². The molecule has 0 bridgehead atoms. The highest BCUT2D eigenvalue weighted by atomic mass is 32.2. The predicted octanol–water partition coefficient (Wildman–Crippen LogP) is 2.92. The van der Waals surface area contributed by atoms with E-state index >= 15 is 0 Å². The Hall–Kier alpha value is -2.75. The normalized spacial score (nSPS) is 14.7. The molecular formula is C22H26N2O6S. The van der Waals surface area contributed by atoms with E-state index in [1.54, 1.807) is 36.4 Å². The number of carbonyl (C=O) groups excluding carboxylic acids is 2. The maximum atomic E-state index is 13.0. The third-order valence-corrected chi connectivity index (χ3v) is 6.79. The van der Waals surface area contributed by atoms with Crippen molar-refractivity contribution in [1.29, 1.82) is 0 Å². The van der Waals surface area contributed by atoms with Crippen molar-refractivity contribution in [3.8, 4) is 0 Å². The van der Waals surface area contributed by atoms with Crippen molar-refractivity contribution in [2.75, 3.05) is 38.2 Å². The quantitative estimate of drug-likeness (QED) is 0.494. The Morgan fingerprint density at radius 2 is 1.74 bits per heavy atom. The molecule has 0 saturated carbocycles. The fraction of sp³-hybridized carbons (Fsp3) is 0.364. The Morgan fingerprint density at radius 1 is 1.06 bits per heavy atom. The summed E-state index contributed by atoms with van der Waals surface area (Å²) in [4.78, 5) is 24.8. The number of morpholine rings is 1. The number of nitrogens with one attached hydrogen (secondary N) is 1. The maximum absolute atomic E-state index is 13.0. The van der Waals surface area contributed by atoms with Crippen LogP contribution >= 0.6 is 0 Å². The SMILES string of the molecule is CCCCOC(=O)c1ccc(NC(=O)c2ccccc2S(=O)(=O)N2CCOCC2)cc1. The minimum atomic E-state index is -3.83. The average molecular weight is 447 g/mol. The van der Waals surface area contributed by atoms with E-state index in [0.29, 0.717) is 31.1 Å². The first-order chi connectivity index (χ1) is 14.9. The van der Waals surface area contributed by atoms with Gasteiger partial charge in [0.1, 0.15) is 0 Å². The Morgan fingerprint density at radius 3 is 2.42 bits per heavy atom. The summed E-state index contributed by atoms with van der Waals surface area (Å²) in [5.41, 5.74) is 0.870. The van der Waals surface area contributed by atoms with Gasteiger partial charge in [-0.05, 0) is 42.8 Å². The topological polar surface area (TPSA) is 102 Å². The van der Waals surface area contributed by atoms with E-state index in [1.165, 1.54) is 16.4 Å². The van der Waals surface area contributed by atoms with Crippen molar-refractivity contribution in [1.82, 2.24) is 4.31 Å². The molecule has 2 aromatic carbocycles. The van der Waals surface area contributed by atoms with E-state index in [4.69, 9.17) is 9.47 Å². The zero-order valence-electron chi connectivity index (χ0n) is 17.4. The van der Waals surface area contributed by atoms with Crippen LogP contribution in [0.1, 0.15) is 40.5 Å². The molecular weight excluding hydrogens is 420 g/mol. The lowest BCUT2D eigenvalue weighted by atomic mass is 10.2. The summed E-state index contributed by atoms with van der Waals surface area (Å²) >= 11 is 0. The molecule has 0 radical (unpaired) electrons. The van der Waals surface area contributed by atoms with Gasteiger partial charge in [0.15, 0.2) is 0 Å². The Balaban J connectivity index is 1.73. The number of rotatable bonds is 8. The van der Waals surface area contributed by atoms with Crippen molar-refractivity contribution in [2.45, 2.75) is 24.7 Å². The summed E-state index contributed by atoms with van der Waals surface area (Å²) in [6, 6.07) is 12.4. The van der Waals surface area contributed by atoms with Gasteiger partial charge in [-0.1, -0.05) is 25.5 Å². The second-order valence-electron chi connectivity index (χ2n) is 7.03. The van der Waals surface area contributed by atoms with Gasteiger partial charge in [-0.25, -0.2) is 13.2 Å². The van der Waals surface area contributed by atoms with Crippen LogP contribution in [0.5, 0.6) is 0 Å². The van der Waals surface area contributed by atoms with Crippen molar-refractivity contribution < 1.29 is 27.5 Å². The smallest absolute Gasteiger partial charge is 0.338 e. The number of benzene rings is 2. The number of hydrogen-bond donors (Lipinski definition) is 1. The standard InChI is InChI=1S/C22H26N2O6S/c1-2-3-14-30-22(26)17-8-10-18(11-9-17)23-21(25)19-6-4-5-7-20(19)31(27,28)24-12-15-29-16-13-24/h4-11H,2-3,12-16H2,1H3,(H,23,25). The number of unbranched alkanes of at least 4 members (excludes halogenated alkanes) is 1. The number of hydrogen-bond acceptors (Lipinski definition) is 6. The predicted molar refractivity (Wildman–Crippen MR) is 116 cm³/mol. The Labute approximate surface area is 182 Å². The number of ether oxygens (including phenoxy) is 2. The van der Waals surface area contributed by atoms with E-state index in [1.807, 2.05) is 6.92 Å². The van der Waals surface area contributed by atoms with Gasteiger partial charge in [0.2, 0.25) is 10.0 Å². The molecule has 1 aliphatic heterocycles. The molecule has 0 aliphatic carbocycles. The lowest BCUT2D eigenvalue weighted by Gasteiger charge is -2.26. The monoisotopic (exact) mass is 446 g/mol. The van der Waals surface area contributed by atoms with Crippen molar-refractivity contribution in [2.24, 2.45) is 0 Å². The number of anilines is 1. The highest BCUT2D eigenvalue weighted by molar-refractivity contribution is 7.89. The van der Waals surface area contributed by atoms with Gasteiger partial charge in [0.25, 0.3) is 5.91 Å². The van der Waals surface area contributed by atoms with Crippen LogP contribution in [-0.2, 0) is 19.5 Å². The van der Waals surface area contributed by atoms with Crippen LogP contribution in [0.2, 0.25) is 0 Å². The Kier molecular flexibility index (Phi) is 7.78. The number of nitrogens with zero attached hydrogens (tertiary/aromatic N) is 1. The van der Waals surface area contributed by atoms with E-state index in [0.717, 1.165) is 12.8 Å². The van der Waals surface area contributed by atoms with Gasteiger partial charge in [0, 0.05) is 18.8 Å². The first-order valence-electron chi connectivity index (χ1n) is 10.2. The number of carbonyl (C=O) groups is 2. The van der Waals surface area contributed by atoms with Crippen LogP contribution in [0.25, 0.3) is 0 Å². The average Bonchev–Trinajstić information content (AvgIpc) is 2.80. The molecule has 0 unspecified atom stereocenters. The van der Waals surface area contributed by atoms with Crippen molar-refractivity contribution >= 4 is 27.6 Å². The summed E-state index contributed by atoms with van der Waals surface area (Å²) in [5.74, 6) is -0.973. The zero-order chi connectivity index (χ0) is 22.3. The van der Waals surface area contributed by atoms with Gasteiger partial charge < -0.3 is 14.8 Å². The molecule has 31 heavy (non-hydrogen) atoms. The Bertz CT molecular complexity index is 1010. The van der Waals surface area contributed by atoms with Gasteiger partial charge in [0.05, 0.1) is 35.8 Å². The van der Waals surface area contributed by atoms with Crippen LogP contribution in [0.15, 0.2) is 53.4 Å². The molecule has 9 heteroatoms. The van der Waals surface area contributed by atoms with Crippen LogP contribution in [-0.4, -0.2) is 57.5 Å². The minimum absolute atomic E-state index is 0.0504. The third kappa shape index (κ3) is 5.69. The number of esters is 1. The number of amides is 1. The van der Waals surface area contributed by atoms with E-state index in [2.05, 4.69) is 5.32 Å². The van der Waals surface area contributed by atoms with Crippen molar-refractivity contribution in [3.05, 3.63) is 59.7 Å². The molecule has 3 rings (SSSR count). The second kappa shape index (κ2) is 10.5. The first kappa shape index (κ1) is 22.9. The minimum Gasteiger partial charge on any atom is -0.462 e. The molecule has 1 amide bonds. The van der Waals surface area contributed by atoms with Crippen LogP contribution < -0.4 is 5.32 Å². The molecule has 1 saturated heterocycles. The van der Waals surface area contributed by atoms with E-state index < -0.39 is 21.9 Å². The van der Waals surface area contributed by atoms with Gasteiger partial charge in [-0.2, -0.15) is 4.31 Å². The van der Waals surface area contributed by atoms with E-state index in [-0.39, 0.29) is 23.5 Å². The van der Waals surface area contributed by atoms with Gasteiger partial charge in [-0.3, -0.25) is 4.79 Å². The summed E-state index contributed by atoms with van der Waals surface area (Å²) in [6.07, 6.45) is 1.73. The fourth-order valence-corrected chi connectivity index (χ4v) is 4.68. The molecule has 2 aromatic rings. The largest absolute Gasteiger partial charge is 0.462 e.